The fraction of sp³-hybridized carbons (Fsp3) is 0.636. The van der Waals surface area contributed by atoms with Gasteiger partial charge in [-0.15, -0.1) is 0 Å². The molecule has 0 fully saturated rings. The van der Waals surface area contributed by atoms with Crippen LogP contribution in [0.15, 0.2) is 24.5 Å². The van der Waals surface area contributed by atoms with E-state index in [9.17, 15) is 20.4 Å². The highest BCUT2D eigenvalue weighted by Gasteiger charge is 2.37. The zero-order valence-corrected chi connectivity index (χ0v) is 9.57. The van der Waals surface area contributed by atoms with Crippen molar-refractivity contribution in [3.63, 3.8) is 0 Å². The Morgan fingerprint density at radius 3 is 2.11 bits per heavy atom. The first kappa shape index (κ1) is 15.1. The molecule has 0 bridgehead atoms. The van der Waals surface area contributed by atoms with Crippen LogP contribution in [-0.2, 0) is 4.74 Å². The first-order chi connectivity index (χ1) is 8.49. The molecule has 0 amide bonds. The number of rotatable bonds is 6. The van der Waals surface area contributed by atoms with Gasteiger partial charge in [-0.05, 0) is 12.2 Å². The van der Waals surface area contributed by atoms with Crippen molar-refractivity contribution in [2.75, 3.05) is 6.61 Å². The van der Waals surface area contributed by atoms with Crippen LogP contribution in [0.25, 0.3) is 0 Å². The molecule has 0 saturated heterocycles. The van der Waals surface area contributed by atoms with Gasteiger partial charge >= 0.3 is 0 Å². The predicted octanol–water partition coefficient (Wildman–Crippen LogP) is -2.75. The van der Waals surface area contributed by atoms with Crippen molar-refractivity contribution < 1.29 is 35.4 Å². The Bertz CT molecular complexity index is 304. The van der Waals surface area contributed by atoms with E-state index in [1.165, 1.54) is 12.3 Å². The maximum atomic E-state index is 9.74. The van der Waals surface area contributed by atoms with Gasteiger partial charge in [0.05, 0.1) is 12.9 Å². The van der Waals surface area contributed by atoms with E-state index < -0.39 is 43.2 Å². The second-order valence-electron chi connectivity index (χ2n) is 4.03. The minimum Gasteiger partial charge on any atom is -0.491 e. The van der Waals surface area contributed by atoms with E-state index in [4.69, 9.17) is 14.9 Å². The average Bonchev–Trinajstić information content (AvgIpc) is 2.44. The van der Waals surface area contributed by atoms with Crippen molar-refractivity contribution in [1.82, 2.24) is 0 Å². The Kier molecular flexibility index (Phi) is 5.73. The van der Waals surface area contributed by atoms with E-state index in [0.717, 1.165) is 0 Å². The summed E-state index contributed by atoms with van der Waals surface area (Å²) in [4.78, 5) is 0. The lowest BCUT2D eigenvalue weighted by atomic mass is 9.96. The average molecular weight is 262 g/mol. The van der Waals surface area contributed by atoms with Gasteiger partial charge in [0.25, 0.3) is 0 Å². The lowest BCUT2D eigenvalue weighted by molar-refractivity contribution is -0.153. The van der Waals surface area contributed by atoms with Gasteiger partial charge in [-0.1, -0.05) is 6.08 Å². The third-order valence-corrected chi connectivity index (χ3v) is 2.69. The molecule has 0 aliphatic carbocycles. The minimum absolute atomic E-state index is 0.774. The van der Waals surface area contributed by atoms with Gasteiger partial charge in [-0.3, -0.25) is 0 Å². The topological polar surface area (TPSA) is 131 Å². The molecule has 6 atom stereocenters. The predicted molar refractivity (Wildman–Crippen MR) is 60.3 cm³/mol. The van der Waals surface area contributed by atoms with E-state index in [2.05, 4.69) is 0 Å². The van der Waals surface area contributed by atoms with Crippen LogP contribution in [0.5, 0.6) is 0 Å². The standard InChI is InChI=1S/C11H18O7/c12-5-6(13)8(14)10(16)11(17)9(15)7-3-1-2-4-18-7/h1-4,6-17H,5H2/t6-,7?,8-,9?,10+,11+/m1/s1. The molecule has 0 saturated carbocycles. The van der Waals surface area contributed by atoms with Crippen molar-refractivity contribution in [1.29, 1.82) is 0 Å². The summed E-state index contributed by atoms with van der Waals surface area (Å²) < 4.78 is 5.00. The lowest BCUT2D eigenvalue weighted by Crippen LogP contribution is -2.52. The molecule has 18 heavy (non-hydrogen) atoms. The molecule has 0 aromatic heterocycles. The number of aliphatic hydroxyl groups is 6. The molecule has 0 spiro atoms. The van der Waals surface area contributed by atoms with E-state index in [1.807, 2.05) is 0 Å². The highest BCUT2D eigenvalue weighted by atomic mass is 16.5. The molecular formula is C11H18O7. The van der Waals surface area contributed by atoms with Crippen LogP contribution in [0.3, 0.4) is 0 Å². The maximum absolute atomic E-state index is 9.74. The monoisotopic (exact) mass is 262 g/mol. The Morgan fingerprint density at radius 2 is 1.61 bits per heavy atom. The largest absolute Gasteiger partial charge is 0.491 e. The SMILES string of the molecule is OC[C@@H](O)[C@@H](O)[C@H](O)[C@@H](O)C(O)C1C=CC=CO1. The highest BCUT2D eigenvalue weighted by Crippen LogP contribution is 2.15. The first-order valence-corrected chi connectivity index (χ1v) is 5.49. The van der Waals surface area contributed by atoms with E-state index >= 15 is 0 Å². The van der Waals surface area contributed by atoms with Crippen molar-refractivity contribution in [2.24, 2.45) is 0 Å². The summed E-state index contributed by atoms with van der Waals surface area (Å²) in [5.41, 5.74) is 0. The van der Waals surface area contributed by atoms with Crippen molar-refractivity contribution in [2.45, 2.75) is 36.6 Å². The minimum atomic E-state index is -1.81. The van der Waals surface area contributed by atoms with E-state index in [-0.39, 0.29) is 0 Å². The summed E-state index contributed by atoms with van der Waals surface area (Å²) in [7, 11) is 0. The fourth-order valence-corrected chi connectivity index (χ4v) is 1.53. The zero-order valence-electron chi connectivity index (χ0n) is 9.57. The quantitative estimate of drug-likeness (QED) is 0.306. The Balaban J connectivity index is 2.59. The first-order valence-electron chi connectivity index (χ1n) is 5.49. The molecule has 2 unspecified atom stereocenters. The third kappa shape index (κ3) is 3.52. The molecule has 1 aliphatic heterocycles. The third-order valence-electron chi connectivity index (χ3n) is 2.69. The van der Waals surface area contributed by atoms with Gasteiger partial charge in [-0.2, -0.15) is 0 Å². The van der Waals surface area contributed by atoms with Gasteiger partial charge in [-0.25, -0.2) is 0 Å². The number of aliphatic hydroxyl groups excluding tert-OH is 6. The summed E-state index contributed by atoms with van der Waals surface area (Å²) in [5, 5.41) is 56.1. The zero-order chi connectivity index (χ0) is 13.7. The molecule has 1 rings (SSSR count). The number of hydrogen-bond acceptors (Lipinski definition) is 7. The molecule has 1 heterocycles. The van der Waals surface area contributed by atoms with Gasteiger partial charge in [0.2, 0.25) is 0 Å². The van der Waals surface area contributed by atoms with Crippen LogP contribution in [0.2, 0.25) is 0 Å². The number of hydrogen-bond donors (Lipinski definition) is 6. The molecule has 7 heteroatoms. The van der Waals surface area contributed by atoms with Gasteiger partial charge in [0, 0.05) is 0 Å². The molecule has 0 radical (unpaired) electrons. The van der Waals surface area contributed by atoms with Crippen molar-refractivity contribution in [3.05, 3.63) is 24.5 Å². The van der Waals surface area contributed by atoms with Crippen LogP contribution in [0.1, 0.15) is 0 Å². The Labute approximate surface area is 104 Å². The summed E-state index contributed by atoms with van der Waals surface area (Å²) in [6, 6.07) is 0. The summed E-state index contributed by atoms with van der Waals surface area (Å²) in [5.74, 6) is 0. The molecule has 104 valence electrons. The van der Waals surface area contributed by atoms with Crippen molar-refractivity contribution in [3.8, 4) is 0 Å². The highest BCUT2D eigenvalue weighted by molar-refractivity contribution is 5.10. The van der Waals surface area contributed by atoms with Crippen molar-refractivity contribution >= 4 is 0 Å². The molecule has 0 aromatic carbocycles. The van der Waals surface area contributed by atoms with Gasteiger partial charge in [0.15, 0.2) is 0 Å². The molecule has 7 nitrogen and oxygen atoms in total. The van der Waals surface area contributed by atoms with E-state index in [1.54, 1.807) is 12.2 Å². The Hall–Kier alpha value is -0.960. The summed E-state index contributed by atoms with van der Waals surface area (Å²) >= 11 is 0. The van der Waals surface area contributed by atoms with Crippen LogP contribution in [0.4, 0.5) is 0 Å². The van der Waals surface area contributed by atoms with Crippen LogP contribution >= 0.6 is 0 Å². The maximum Gasteiger partial charge on any atom is 0.145 e. The van der Waals surface area contributed by atoms with Gasteiger partial charge < -0.3 is 35.4 Å². The molecular weight excluding hydrogens is 244 g/mol. The van der Waals surface area contributed by atoms with E-state index in [0.29, 0.717) is 0 Å². The van der Waals surface area contributed by atoms with Crippen LogP contribution in [-0.4, -0.2) is 73.9 Å². The normalized spacial score (nSPS) is 27.1. The number of allylic oxidation sites excluding steroid dienone is 2. The summed E-state index contributed by atoms with van der Waals surface area (Å²) in [6.07, 6.45) is -3.33. The second-order valence-corrected chi connectivity index (χ2v) is 4.03. The van der Waals surface area contributed by atoms with Crippen LogP contribution < -0.4 is 0 Å². The molecule has 1 aliphatic rings. The number of ether oxygens (including phenoxy) is 1. The fourth-order valence-electron chi connectivity index (χ4n) is 1.53. The van der Waals surface area contributed by atoms with Crippen LogP contribution in [0, 0.1) is 0 Å². The smallest absolute Gasteiger partial charge is 0.145 e. The summed E-state index contributed by atoms with van der Waals surface area (Å²) in [6.45, 7) is -0.774. The lowest BCUT2D eigenvalue weighted by Gasteiger charge is -2.31. The second kappa shape index (κ2) is 6.83. The van der Waals surface area contributed by atoms with Gasteiger partial charge in [0.1, 0.15) is 36.6 Å². The molecule has 6 N–H and O–H groups in total. The molecule has 0 aromatic rings. The Morgan fingerprint density at radius 1 is 0.944 bits per heavy atom.